The van der Waals surface area contributed by atoms with Gasteiger partial charge in [-0.2, -0.15) is 0 Å². The maximum Gasteiger partial charge on any atom is 0.137 e. The zero-order chi connectivity index (χ0) is 13.9. The summed E-state index contributed by atoms with van der Waals surface area (Å²) in [5, 5.41) is 3.61. The van der Waals surface area contributed by atoms with Gasteiger partial charge in [0, 0.05) is 29.4 Å². The molecule has 4 heteroatoms. The molecule has 2 nitrogen and oxygen atoms in total. The molecule has 1 aromatic heterocycles. The van der Waals surface area contributed by atoms with Crippen molar-refractivity contribution in [3.05, 3.63) is 59.7 Å². The van der Waals surface area contributed by atoms with Gasteiger partial charge in [-0.25, -0.2) is 4.39 Å². The molecular weight excluding hydrogens is 271 g/mol. The first-order chi connectivity index (χ1) is 9.75. The van der Waals surface area contributed by atoms with Crippen LogP contribution >= 0.6 is 11.8 Å². The number of benzene rings is 1. The Morgan fingerprint density at radius 2 is 2.10 bits per heavy atom. The molecule has 0 bridgehead atoms. The van der Waals surface area contributed by atoms with E-state index < -0.39 is 0 Å². The summed E-state index contributed by atoms with van der Waals surface area (Å²) in [5.74, 6) is 0.852. The number of nitrogens with zero attached hydrogens (tertiary/aromatic N) is 1. The molecule has 0 radical (unpaired) electrons. The van der Waals surface area contributed by atoms with Crippen molar-refractivity contribution < 1.29 is 4.39 Å². The van der Waals surface area contributed by atoms with Crippen molar-refractivity contribution >= 4 is 11.8 Å². The molecule has 0 spiro atoms. The Labute approximate surface area is 122 Å². The second kappa shape index (κ2) is 5.94. The lowest BCUT2D eigenvalue weighted by atomic mass is 10.0. The molecule has 3 rings (SSSR count). The van der Waals surface area contributed by atoms with Crippen LogP contribution in [0.2, 0.25) is 0 Å². The minimum Gasteiger partial charge on any atom is -0.303 e. The number of aromatic nitrogens is 1. The molecule has 1 aliphatic rings. The number of nitrogens with one attached hydrogen (secondary N) is 1. The van der Waals surface area contributed by atoms with Gasteiger partial charge in [-0.3, -0.25) is 4.98 Å². The highest BCUT2D eigenvalue weighted by Gasteiger charge is 2.24. The highest BCUT2D eigenvalue weighted by molar-refractivity contribution is 7.99. The van der Waals surface area contributed by atoms with E-state index in [0.29, 0.717) is 0 Å². The second-order valence-corrected chi connectivity index (χ2v) is 6.12. The molecule has 20 heavy (non-hydrogen) atoms. The molecule has 1 aromatic carbocycles. The van der Waals surface area contributed by atoms with Crippen LogP contribution in [-0.4, -0.2) is 10.7 Å². The van der Waals surface area contributed by atoms with Gasteiger partial charge in [0.2, 0.25) is 0 Å². The van der Waals surface area contributed by atoms with E-state index in [4.69, 9.17) is 0 Å². The van der Waals surface area contributed by atoms with Gasteiger partial charge in [0.25, 0.3) is 0 Å². The molecule has 1 unspecified atom stereocenters. The van der Waals surface area contributed by atoms with Gasteiger partial charge < -0.3 is 5.32 Å². The van der Waals surface area contributed by atoms with Gasteiger partial charge in [0.1, 0.15) is 5.82 Å². The monoisotopic (exact) mass is 288 g/mol. The highest BCUT2D eigenvalue weighted by Crippen LogP contribution is 2.38. The van der Waals surface area contributed by atoms with Gasteiger partial charge in [-0.05, 0) is 48.4 Å². The average Bonchev–Trinajstić information content (AvgIpc) is 2.49. The minimum absolute atomic E-state index is 0.101. The number of hydrogen-bond acceptors (Lipinski definition) is 3. The Kier molecular flexibility index (Phi) is 4.03. The van der Waals surface area contributed by atoms with Crippen molar-refractivity contribution in [3.8, 4) is 0 Å². The number of fused-ring (bicyclic) bond motifs is 1. The van der Waals surface area contributed by atoms with Gasteiger partial charge in [0.05, 0.1) is 0 Å². The van der Waals surface area contributed by atoms with Crippen LogP contribution in [0.1, 0.15) is 36.6 Å². The van der Waals surface area contributed by atoms with Crippen LogP contribution in [-0.2, 0) is 0 Å². The van der Waals surface area contributed by atoms with E-state index in [2.05, 4.69) is 17.2 Å². The van der Waals surface area contributed by atoms with E-state index in [-0.39, 0.29) is 17.9 Å². The fourth-order valence-electron chi connectivity index (χ4n) is 2.61. The summed E-state index contributed by atoms with van der Waals surface area (Å²) >= 11 is 1.62. The fourth-order valence-corrected chi connectivity index (χ4v) is 3.75. The Morgan fingerprint density at radius 3 is 2.90 bits per heavy atom. The van der Waals surface area contributed by atoms with Gasteiger partial charge in [-0.1, -0.05) is 12.1 Å². The first kappa shape index (κ1) is 13.6. The Balaban J connectivity index is 1.82. The average molecular weight is 288 g/mol. The third-order valence-corrected chi connectivity index (χ3v) is 4.84. The molecular formula is C16H17FN2S. The first-order valence-electron chi connectivity index (χ1n) is 6.83. The maximum atomic E-state index is 13.8. The lowest BCUT2D eigenvalue weighted by molar-refractivity contribution is 0.444. The molecule has 0 amide bonds. The van der Waals surface area contributed by atoms with Crippen LogP contribution in [0.3, 0.4) is 0 Å². The van der Waals surface area contributed by atoms with Gasteiger partial charge in [0.15, 0.2) is 0 Å². The third kappa shape index (κ3) is 2.72. The molecule has 0 saturated carbocycles. The summed E-state index contributed by atoms with van der Waals surface area (Å²) in [6, 6.07) is 9.84. The summed E-state index contributed by atoms with van der Waals surface area (Å²) in [6.45, 7) is 2.13. The summed E-state index contributed by atoms with van der Waals surface area (Å²) < 4.78 is 13.8. The number of rotatable bonds is 3. The zero-order valence-corrected chi connectivity index (χ0v) is 12.2. The van der Waals surface area contributed by atoms with Crippen molar-refractivity contribution in [2.24, 2.45) is 0 Å². The molecule has 0 aliphatic carbocycles. The molecule has 1 aliphatic heterocycles. The highest BCUT2D eigenvalue weighted by atomic mass is 32.2. The maximum absolute atomic E-state index is 13.8. The van der Waals surface area contributed by atoms with Crippen LogP contribution in [0.5, 0.6) is 0 Å². The molecule has 2 atom stereocenters. The van der Waals surface area contributed by atoms with Crippen molar-refractivity contribution in [2.45, 2.75) is 30.3 Å². The SMILES string of the molecule is C[C@H](NC1CCSc2c(F)cccc21)c1ccncc1. The Morgan fingerprint density at radius 1 is 1.30 bits per heavy atom. The molecule has 1 N–H and O–H groups in total. The standard InChI is InChI=1S/C16H17FN2S/c1-11(12-5-8-18-9-6-12)19-15-7-10-20-16-13(15)3-2-4-14(16)17/h2-6,8-9,11,15,19H,7,10H2,1H3/t11-,15?/m0/s1. The van der Waals surface area contributed by atoms with Crippen molar-refractivity contribution in [1.29, 1.82) is 0 Å². The molecule has 2 heterocycles. The topological polar surface area (TPSA) is 24.9 Å². The van der Waals surface area contributed by atoms with E-state index in [1.165, 1.54) is 5.56 Å². The van der Waals surface area contributed by atoms with Gasteiger partial charge >= 0.3 is 0 Å². The summed E-state index contributed by atoms with van der Waals surface area (Å²) in [5.41, 5.74) is 2.29. The lowest BCUT2D eigenvalue weighted by Gasteiger charge is -2.29. The molecule has 104 valence electrons. The van der Waals surface area contributed by atoms with Gasteiger partial charge in [-0.15, -0.1) is 11.8 Å². The molecule has 2 aromatic rings. The second-order valence-electron chi connectivity index (χ2n) is 5.02. The Bertz CT molecular complexity index is 588. The quantitative estimate of drug-likeness (QED) is 0.920. The van der Waals surface area contributed by atoms with Crippen molar-refractivity contribution in [2.75, 3.05) is 5.75 Å². The van der Waals surface area contributed by atoms with E-state index >= 15 is 0 Å². The number of pyridine rings is 1. The third-order valence-electron chi connectivity index (χ3n) is 3.68. The normalized spacial score (nSPS) is 19.4. The van der Waals surface area contributed by atoms with Crippen LogP contribution in [0.4, 0.5) is 4.39 Å². The largest absolute Gasteiger partial charge is 0.303 e. The van der Waals surface area contributed by atoms with E-state index in [0.717, 1.165) is 22.6 Å². The summed E-state index contributed by atoms with van der Waals surface area (Å²) in [7, 11) is 0. The van der Waals surface area contributed by atoms with E-state index in [1.807, 2.05) is 18.2 Å². The van der Waals surface area contributed by atoms with Crippen LogP contribution in [0.25, 0.3) is 0 Å². The van der Waals surface area contributed by atoms with Crippen molar-refractivity contribution in [1.82, 2.24) is 10.3 Å². The molecule has 0 saturated heterocycles. The van der Waals surface area contributed by atoms with E-state index in [1.54, 1.807) is 36.3 Å². The molecule has 0 fully saturated rings. The first-order valence-corrected chi connectivity index (χ1v) is 7.81. The van der Waals surface area contributed by atoms with Crippen LogP contribution < -0.4 is 5.32 Å². The summed E-state index contributed by atoms with van der Waals surface area (Å²) in [6.07, 6.45) is 4.63. The predicted octanol–water partition coefficient (Wildman–Crippen LogP) is 4.11. The number of hydrogen-bond donors (Lipinski definition) is 1. The summed E-state index contributed by atoms with van der Waals surface area (Å²) in [4.78, 5) is 4.85. The number of thioether (sulfide) groups is 1. The van der Waals surface area contributed by atoms with Crippen LogP contribution in [0.15, 0.2) is 47.6 Å². The predicted molar refractivity (Wildman–Crippen MR) is 80.3 cm³/mol. The van der Waals surface area contributed by atoms with Crippen LogP contribution in [0, 0.1) is 5.82 Å². The Hall–Kier alpha value is -1.39. The number of halogens is 1. The minimum atomic E-state index is -0.101. The van der Waals surface area contributed by atoms with Crippen molar-refractivity contribution in [3.63, 3.8) is 0 Å². The smallest absolute Gasteiger partial charge is 0.137 e. The zero-order valence-electron chi connectivity index (χ0n) is 11.3. The fraction of sp³-hybridized carbons (Fsp3) is 0.312. The lowest BCUT2D eigenvalue weighted by Crippen LogP contribution is -2.27. The van der Waals surface area contributed by atoms with E-state index in [9.17, 15) is 4.39 Å².